The maximum Gasteiger partial charge on any atom is 0.229 e. The maximum absolute atomic E-state index is 12.6. The molecule has 1 fully saturated rings. The molecular weight excluding hydrogens is 380 g/mol. The lowest BCUT2D eigenvalue weighted by Crippen LogP contribution is -2.41. The number of hydrogen-bond donors (Lipinski definition) is 1. The Morgan fingerprint density at radius 3 is 2.55 bits per heavy atom. The van der Waals surface area contributed by atoms with E-state index in [2.05, 4.69) is 51.6 Å². The van der Waals surface area contributed by atoms with E-state index in [0.717, 1.165) is 40.8 Å². The largest absolute Gasteiger partial charge is 0.354 e. The summed E-state index contributed by atoms with van der Waals surface area (Å²) in [7, 11) is 0. The number of nitrogens with zero attached hydrogens (tertiary/aromatic N) is 3. The lowest BCUT2D eigenvalue weighted by atomic mass is 9.97. The van der Waals surface area contributed by atoms with Gasteiger partial charge in [0.1, 0.15) is 5.03 Å². The number of amides is 1. The lowest BCUT2D eigenvalue weighted by Gasteiger charge is -2.32. The Balaban J connectivity index is 1.37. The number of para-hydroxylation sites is 1. The molecule has 2 heterocycles. The molecule has 0 aliphatic carbocycles. The number of aromatic nitrogens is 2. The zero-order valence-electron chi connectivity index (χ0n) is 16.4. The minimum atomic E-state index is -0.0487. The molecule has 1 aliphatic heterocycles. The Hall–Kier alpha value is -2.86. The zero-order chi connectivity index (χ0) is 20.1. The van der Waals surface area contributed by atoms with E-state index in [0.29, 0.717) is 6.54 Å². The molecule has 1 aliphatic rings. The average molecular weight is 405 g/mol. The van der Waals surface area contributed by atoms with Crippen LogP contribution in [0.15, 0.2) is 76.7 Å². The van der Waals surface area contributed by atoms with Crippen molar-refractivity contribution in [3.05, 3.63) is 72.3 Å². The van der Waals surface area contributed by atoms with Crippen LogP contribution in [0.2, 0.25) is 0 Å². The monoisotopic (exact) mass is 404 g/mol. The lowest BCUT2D eigenvalue weighted by molar-refractivity contribution is -0.120. The van der Waals surface area contributed by atoms with E-state index in [4.69, 9.17) is 0 Å². The number of rotatable bonds is 5. The van der Waals surface area contributed by atoms with Gasteiger partial charge < -0.3 is 10.2 Å². The maximum atomic E-state index is 12.6. The van der Waals surface area contributed by atoms with E-state index >= 15 is 0 Å². The fourth-order valence-corrected chi connectivity index (χ4v) is 4.16. The molecule has 1 aromatic heterocycles. The van der Waals surface area contributed by atoms with Crippen molar-refractivity contribution in [2.75, 3.05) is 23.3 Å². The van der Waals surface area contributed by atoms with Gasteiger partial charge in [-0.05, 0) is 56.2 Å². The van der Waals surface area contributed by atoms with Crippen molar-refractivity contribution in [3.63, 3.8) is 0 Å². The number of benzene rings is 2. The molecule has 29 heavy (non-hydrogen) atoms. The van der Waals surface area contributed by atoms with Gasteiger partial charge in [0, 0.05) is 23.7 Å². The molecule has 1 N–H and O–H groups in total. The first-order valence-electron chi connectivity index (χ1n) is 9.86. The second kappa shape index (κ2) is 9.09. The second-order valence-corrected chi connectivity index (χ2v) is 8.38. The van der Waals surface area contributed by atoms with Crippen molar-refractivity contribution in [2.24, 2.45) is 5.92 Å². The van der Waals surface area contributed by atoms with Gasteiger partial charge in [0.2, 0.25) is 5.91 Å². The molecule has 4 rings (SSSR count). The number of hydrogen-bond acceptors (Lipinski definition) is 5. The minimum Gasteiger partial charge on any atom is -0.354 e. The highest BCUT2D eigenvalue weighted by atomic mass is 32.2. The van der Waals surface area contributed by atoms with Crippen molar-refractivity contribution < 1.29 is 4.79 Å². The SMILES string of the molecule is Cc1ccc(Sc2ccc(N3CCC[C@H](C(=O)Nc4ccccc4)C3)nn2)cc1. The van der Waals surface area contributed by atoms with Crippen LogP contribution < -0.4 is 10.2 Å². The highest BCUT2D eigenvalue weighted by Gasteiger charge is 2.26. The van der Waals surface area contributed by atoms with E-state index in [9.17, 15) is 4.79 Å². The Labute approximate surface area is 175 Å². The Bertz CT molecular complexity index is 945. The summed E-state index contributed by atoms with van der Waals surface area (Å²) in [4.78, 5) is 16.0. The van der Waals surface area contributed by atoms with E-state index in [-0.39, 0.29) is 11.8 Å². The third-order valence-corrected chi connectivity index (χ3v) is 5.96. The molecule has 1 saturated heterocycles. The number of nitrogens with one attached hydrogen (secondary N) is 1. The van der Waals surface area contributed by atoms with Crippen LogP contribution >= 0.6 is 11.8 Å². The van der Waals surface area contributed by atoms with Gasteiger partial charge >= 0.3 is 0 Å². The van der Waals surface area contributed by atoms with E-state index in [1.807, 2.05) is 42.5 Å². The molecule has 2 aromatic carbocycles. The smallest absolute Gasteiger partial charge is 0.229 e. The molecule has 6 heteroatoms. The molecular formula is C23H24N4OS. The third kappa shape index (κ3) is 5.15. The van der Waals surface area contributed by atoms with Gasteiger partial charge in [-0.15, -0.1) is 10.2 Å². The third-order valence-electron chi connectivity index (χ3n) is 5.03. The number of carbonyl (C=O) groups excluding carboxylic acids is 1. The van der Waals surface area contributed by atoms with Crippen LogP contribution in [0, 0.1) is 12.8 Å². The van der Waals surface area contributed by atoms with Gasteiger partial charge in [-0.2, -0.15) is 0 Å². The highest BCUT2D eigenvalue weighted by molar-refractivity contribution is 7.99. The van der Waals surface area contributed by atoms with Crippen molar-refractivity contribution in [1.82, 2.24) is 10.2 Å². The zero-order valence-corrected chi connectivity index (χ0v) is 17.2. The van der Waals surface area contributed by atoms with Gasteiger partial charge in [-0.3, -0.25) is 4.79 Å². The van der Waals surface area contributed by atoms with Crippen LogP contribution in [0.5, 0.6) is 0 Å². The van der Waals surface area contributed by atoms with E-state index in [1.54, 1.807) is 11.8 Å². The fraction of sp³-hybridized carbons (Fsp3) is 0.261. The Kier molecular flexibility index (Phi) is 6.10. The van der Waals surface area contributed by atoms with Gasteiger partial charge in [0.15, 0.2) is 5.82 Å². The molecule has 0 unspecified atom stereocenters. The molecule has 0 bridgehead atoms. The fourth-order valence-electron chi connectivity index (χ4n) is 3.43. The molecule has 0 saturated carbocycles. The van der Waals surface area contributed by atoms with Crippen molar-refractivity contribution in [1.29, 1.82) is 0 Å². The Morgan fingerprint density at radius 2 is 1.83 bits per heavy atom. The van der Waals surface area contributed by atoms with E-state index < -0.39 is 0 Å². The molecule has 0 spiro atoms. The predicted molar refractivity (Wildman–Crippen MR) is 117 cm³/mol. The van der Waals surface area contributed by atoms with Crippen molar-refractivity contribution in [3.8, 4) is 0 Å². The summed E-state index contributed by atoms with van der Waals surface area (Å²) in [6, 6.07) is 22.0. The molecule has 148 valence electrons. The standard InChI is InChI=1S/C23H24N4OS/c1-17-9-11-20(12-10-17)29-22-14-13-21(25-26-22)27-15-5-6-18(16-27)23(28)24-19-7-3-2-4-8-19/h2-4,7-14,18H,5-6,15-16H2,1H3,(H,24,28)/t18-/m0/s1. The van der Waals surface area contributed by atoms with Crippen LogP contribution in [0.3, 0.4) is 0 Å². The first-order valence-corrected chi connectivity index (χ1v) is 10.7. The predicted octanol–water partition coefficient (Wildman–Crippen LogP) is 4.79. The number of carbonyl (C=O) groups is 1. The molecule has 3 aromatic rings. The molecule has 0 radical (unpaired) electrons. The summed E-state index contributed by atoms with van der Waals surface area (Å²) in [5.41, 5.74) is 2.08. The van der Waals surface area contributed by atoms with Gasteiger partial charge in [0.05, 0.1) is 5.92 Å². The summed E-state index contributed by atoms with van der Waals surface area (Å²) >= 11 is 1.60. The second-order valence-electron chi connectivity index (χ2n) is 7.29. The summed E-state index contributed by atoms with van der Waals surface area (Å²) < 4.78 is 0. The molecule has 1 atom stereocenters. The topological polar surface area (TPSA) is 58.1 Å². The first kappa shape index (κ1) is 19.5. The van der Waals surface area contributed by atoms with Crippen LogP contribution in [0.1, 0.15) is 18.4 Å². The number of piperidine rings is 1. The van der Waals surface area contributed by atoms with E-state index in [1.165, 1.54) is 5.56 Å². The summed E-state index contributed by atoms with van der Waals surface area (Å²) in [6.07, 6.45) is 1.86. The van der Waals surface area contributed by atoms with Crippen LogP contribution in [-0.4, -0.2) is 29.2 Å². The van der Waals surface area contributed by atoms with Gasteiger partial charge in [-0.1, -0.05) is 47.7 Å². The van der Waals surface area contributed by atoms with Crippen LogP contribution in [0.4, 0.5) is 11.5 Å². The normalized spacial score (nSPS) is 16.4. The highest BCUT2D eigenvalue weighted by Crippen LogP contribution is 2.28. The Morgan fingerprint density at radius 1 is 1.03 bits per heavy atom. The average Bonchev–Trinajstić information content (AvgIpc) is 2.77. The van der Waals surface area contributed by atoms with Crippen LogP contribution in [-0.2, 0) is 4.79 Å². The van der Waals surface area contributed by atoms with Crippen molar-refractivity contribution >= 4 is 29.2 Å². The minimum absolute atomic E-state index is 0.0487. The van der Waals surface area contributed by atoms with Gasteiger partial charge in [-0.25, -0.2) is 0 Å². The molecule has 1 amide bonds. The number of aryl methyl sites for hydroxylation is 1. The van der Waals surface area contributed by atoms with Crippen LogP contribution in [0.25, 0.3) is 0 Å². The summed E-state index contributed by atoms with van der Waals surface area (Å²) in [5, 5.41) is 12.7. The first-order chi connectivity index (χ1) is 14.2. The summed E-state index contributed by atoms with van der Waals surface area (Å²) in [5.74, 6) is 0.850. The number of anilines is 2. The summed E-state index contributed by atoms with van der Waals surface area (Å²) in [6.45, 7) is 3.64. The quantitative estimate of drug-likeness (QED) is 0.662. The van der Waals surface area contributed by atoms with Gasteiger partial charge in [0.25, 0.3) is 0 Å². The molecule has 5 nitrogen and oxygen atoms in total. The van der Waals surface area contributed by atoms with Crippen molar-refractivity contribution in [2.45, 2.75) is 29.7 Å².